The molecule has 6 heteroatoms. The SMILES string of the molecule is C=C/C1=C/Cc2ccccc2[C@H](C[N+](=O)[O-])C(C(C)=O)(C(=O)OC)C1. The molecule has 1 aliphatic carbocycles. The van der Waals surface area contributed by atoms with E-state index in [1.54, 1.807) is 18.2 Å². The molecule has 0 N–H and O–H groups in total. The van der Waals surface area contributed by atoms with Gasteiger partial charge < -0.3 is 4.74 Å². The lowest BCUT2D eigenvalue weighted by atomic mass is 9.64. The van der Waals surface area contributed by atoms with Crippen molar-refractivity contribution in [3.8, 4) is 0 Å². The van der Waals surface area contributed by atoms with Crippen LogP contribution in [0.25, 0.3) is 0 Å². The number of hydrogen-bond donors (Lipinski definition) is 0. The van der Waals surface area contributed by atoms with Gasteiger partial charge in [-0.2, -0.15) is 0 Å². The first kappa shape index (κ1) is 18.6. The van der Waals surface area contributed by atoms with Crippen molar-refractivity contribution in [2.75, 3.05) is 13.7 Å². The van der Waals surface area contributed by atoms with Crippen LogP contribution in [0.15, 0.2) is 48.6 Å². The molecular weight excluding hydrogens is 322 g/mol. The summed E-state index contributed by atoms with van der Waals surface area (Å²) in [5.74, 6) is -2.11. The zero-order valence-corrected chi connectivity index (χ0v) is 14.4. The van der Waals surface area contributed by atoms with E-state index in [1.165, 1.54) is 14.0 Å². The molecule has 0 bridgehead atoms. The fourth-order valence-electron chi connectivity index (χ4n) is 3.55. The fourth-order valence-corrected chi connectivity index (χ4v) is 3.55. The summed E-state index contributed by atoms with van der Waals surface area (Å²) in [6, 6.07) is 7.19. The van der Waals surface area contributed by atoms with Crippen LogP contribution in [0.5, 0.6) is 0 Å². The van der Waals surface area contributed by atoms with E-state index in [1.807, 2.05) is 18.2 Å². The van der Waals surface area contributed by atoms with E-state index < -0.39 is 34.6 Å². The number of hydrogen-bond acceptors (Lipinski definition) is 5. The summed E-state index contributed by atoms with van der Waals surface area (Å²) in [6.45, 7) is 4.50. The maximum Gasteiger partial charge on any atom is 0.320 e. The van der Waals surface area contributed by atoms with Crippen molar-refractivity contribution in [1.29, 1.82) is 0 Å². The lowest BCUT2D eigenvalue weighted by molar-refractivity contribution is -0.485. The molecule has 0 amide bonds. The first-order valence-electron chi connectivity index (χ1n) is 7.97. The number of benzene rings is 1. The lowest BCUT2D eigenvalue weighted by Crippen LogP contribution is -2.47. The molecule has 0 aromatic heterocycles. The van der Waals surface area contributed by atoms with E-state index in [4.69, 9.17) is 4.74 Å². The Labute approximate surface area is 146 Å². The molecule has 0 saturated carbocycles. The Morgan fingerprint density at radius 3 is 2.68 bits per heavy atom. The van der Waals surface area contributed by atoms with E-state index in [-0.39, 0.29) is 6.42 Å². The number of carbonyl (C=O) groups is 2. The third kappa shape index (κ3) is 3.38. The minimum atomic E-state index is -1.65. The molecule has 6 nitrogen and oxygen atoms in total. The molecule has 1 aliphatic rings. The first-order valence-corrected chi connectivity index (χ1v) is 7.97. The average Bonchev–Trinajstić information content (AvgIpc) is 2.58. The molecule has 0 fully saturated rings. The highest BCUT2D eigenvalue weighted by molar-refractivity contribution is 6.04. The van der Waals surface area contributed by atoms with Gasteiger partial charge in [-0.15, -0.1) is 0 Å². The molecule has 0 radical (unpaired) electrons. The summed E-state index contributed by atoms with van der Waals surface area (Å²) in [4.78, 5) is 36.3. The Bertz CT molecular complexity index is 752. The van der Waals surface area contributed by atoms with Crippen molar-refractivity contribution in [1.82, 2.24) is 0 Å². The Morgan fingerprint density at radius 2 is 2.12 bits per heavy atom. The number of nitro groups is 1. The first-order chi connectivity index (χ1) is 11.9. The minimum absolute atomic E-state index is 0.0331. The molecule has 1 aromatic rings. The summed E-state index contributed by atoms with van der Waals surface area (Å²) in [6.07, 6.45) is 4.07. The molecular formula is C19H21NO5. The summed E-state index contributed by atoms with van der Waals surface area (Å²) in [5, 5.41) is 11.4. The molecule has 0 spiro atoms. The van der Waals surface area contributed by atoms with E-state index in [0.29, 0.717) is 17.6 Å². The summed E-state index contributed by atoms with van der Waals surface area (Å²) >= 11 is 0. The van der Waals surface area contributed by atoms with Gasteiger partial charge in [-0.1, -0.05) is 48.6 Å². The van der Waals surface area contributed by atoms with E-state index in [2.05, 4.69) is 6.58 Å². The third-order valence-corrected chi connectivity index (χ3v) is 4.86. The number of nitrogens with zero attached hydrogens (tertiary/aromatic N) is 1. The quantitative estimate of drug-likeness (QED) is 0.355. The fraction of sp³-hybridized carbons (Fsp3) is 0.368. The zero-order valence-electron chi connectivity index (χ0n) is 14.4. The van der Waals surface area contributed by atoms with Gasteiger partial charge in [0.2, 0.25) is 6.54 Å². The van der Waals surface area contributed by atoms with Gasteiger partial charge >= 0.3 is 5.97 Å². The maximum atomic E-state index is 12.7. The predicted octanol–water partition coefficient (Wildman–Crippen LogP) is 2.85. The second-order valence-corrected chi connectivity index (χ2v) is 6.15. The molecule has 132 valence electrons. The molecule has 0 saturated heterocycles. The van der Waals surface area contributed by atoms with Gasteiger partial charge in [0.25, 0.3) is 0 Å². The number of esters is 1. The molecule has 0 aliphatic heterocycles. The van der Waals surface area contributed by atoms with Gasteiger partial charge in [-0.3, -0.25) is 19.7 Å². The molecule has 2 atom stereocenters. The van der Waals surface area contributed by atoms with Gasteiger partial charge in [0, 0.05) is 4.92 Å². The van der Waals surface area contributed by atoms with Crippen LogP contribution in [0, 0.1) is 15.5 Å². The Morgan fingerprint density at radius 1 is 1.44 bits per heavy atom. The van der Waals surface area contributed by atoms with Crippen LogP contribution in [0.3, 0.4) is 0 Å². The second-order valence-electron chi connectivity index (χ2n) is 6.15. The van der Waals surface area contributed by atoms with Crippen LogP contribution in [-0.4, -0.2) is 30.3 Å². The van der Waals surface area contributed by atoms with Crippen LogP contribution >= 0.6 is 0 Å². The Hall–Kier alpha value is -2.76. The van der Waals surface area contributed by atoms with Gasteiger partial charge in [0.1, 0.15) is 11.2 Å². The monoisotopic (exact) mass is 343 g/mol. The van der Waals surface area contributed by atoms with Crippen LogP contribution in [0.4, 0.5) is 0 Å². The van der Waals surface area contributed by atoms with E-state index in [0.717, 1.165) is 5.56 Å². The van der Waals surface area contributed by atoms with Crippen molar-refractivity contribution in [3.05, 3.63) is 69.8 Å². The van der Waals surface area contributed by atoms with Crippen molar-refractivity contribution in [2.45, 2.75) is 25.7 Å². The topological polar surface area (TPSA) is 86.5 Å². The number of ether oxygens (including phenoxy) is 1. The number of methoxy groups -OCH3 is 1. The van der Waals surface area contributed by atoms with E-state index in [9.17, 15) is 19.7 Å². The normalized spacial score (nSPS) is 24.7. The minimum Gasteiger partial charge on any atom is -0.468 e. The van der Waals surface area contributed by atoms with Gasteiger partial charge in [-0.05, 0) is 30.9 Å². The highest BCUT2D eigenvalue weighted by atomic mass is 16.6. The van der Waals surface area contributed by atoms with Crippen LogP contribution < -0.4 is 0 Å². The molecule has 1 unspecified atom stereocenters. The Kier molecular flexibility index (Phi) is 5.51. The van der Waals surface area contributed by atoms with Crippen molar-refractivity contribution in [2.24, 2.45) is 5.41 Å². The van der Waals surface area contributed by atoms with Crippen molar-refractivity contribution >= 4 is 11.8 Å². The van der Waals surface area contributed by atoms with Crippen molar-refractivity contribution < 1.29 is 19.2 Å². The second kappa shape index (κ2) is 7.42. The summed E-state index contributed by atoms with van der Waals surface area (Å²) in [7, 11) is 1.19. The number of ketones is 1. The predicted molar refractivity (Wildman–Crippen MR) is 92.8 cm³/mol. The molecule has 2 rings (SSSR count). The third-order valence-electron chi connectivity index (χ3n) is 4.86. The maximum absolute atomic E-state index is 12.7. The van der Waals surface area contributed by atoms with E-state index >= 15 is 0 Å². The number of carbonyl (C=O) groups excluding carboxylic acids is 2. The van der Waals surface area contributed by atoms with Crippen LogP contribution in [0.1, 0.15) is 30.4 Å². The Balaban J connectivity index is 2.82. The van der Waals surface area contributed by atoms with Gasteiger partial charge in [0.05, 0.1) is 13.0 Å². The molecule has 25 heavy (non-hydrogen) atoms. The zero-order chi connectivity index (χ0) is 18.6. The summed E-state index contributed by atoms with van der Waals surface area (Å²) in [5.41, 5.74) is 0.531. The molecule has 1 aromatic carbocycles. The number of rotatable bonds is 5. The number of allylic oxidation sites excluding steroid dienone is 3. The smallest absolute Gasteiger partial charge is 0.320 e. The van der Waals surface area contributed by atoms with Gasteiger partial charge in [-0.25, -0.2) is 0 Å². The number of fused-ring (bicyclic) bond motifs is 1. The average molecular weight is 343 g/mol. The number of Topliss-reactive ketones (excluding diaryl/α,β-unsaturated/α-hetero) is 1. The van der Waals surface area contributed by atoms with Crippen molar-refractivity contribution in [3.63, 3.8) is 0 Å². The highest BCUT2D eigenvalue weighted by Crippen LogP contribution is 2.46. The standard InChI is InChI=1S/C19H21NO5/c1-4-14-9-10-15-7-5-6-8-16(15)17(12-20(23)24)19(11-14,13(2)21)18(22)25-3/h4-9,17H,1,10-12H2,2-3H3/b14-9-/t17-,19?/m0/s1. The molecule has 0 heterocycles. The summed E-state index contributed by atoms with van der Waals surface area (Å²) < 4.78 is 4.93. The lowest BCUT2D eigenvalue weighted by Gasteiger charge is -2.36. The van der Waals surface area contributed by atoms with Crippen LogP contribution in [0.2, 0.25) is 0 Å². The van der Waals surface area contributed by atoms with Gasteiger partial charge in [0.15, 0.2) is 0 Å². The van der Waals surface area contributed by atoms with Crippen LogP contribution in [-0.2, 0) is 20.7 Å². The highest BCUT2D eigenvalue weighted by Gasteiger charge is 2.54. The largest absolute Gasteiger partial charge is 0.468 e.